The maximum atomic E-state index is 11.7. The van der Waals surface area contributed by atoms with Crippen molar-refractivity contribution in [3.05, 3.63) is 54.1 Å². The second kappa shape index (κ2) is 9.52. The van der Waals surface area contributed by atoms with Gasteiger partial charge in [0.05, 0.1) is 6.61 Å². The lowest BCUT2D eigenvalue weighted by Gasteiger charge is -2.13. The van der Waals surface area contributed by atoms with Gasteiger partial charge in [-0.05, 0) is 24.1 Å². The molecular weight excluding hydrogens is 284 g/mol. The average Bonchev–Trinajstić information content (AvgIpc) is 2.51. The Labute approximate surface area is 129 Å². The van der Waals surface area contributed by atoms with Crippen LogP contribution in [-0.4, -0.2) is 36.4 Å². The van der Waals surface area contributed by atoms with Crippen molar-refractivity contribution >= 4 is 17.5 Å². The van der Waals surface area contributed by atoms with E-state index in [0.717, 1.165) is 0 Å². The second-order valence-corrected chi connectivity index (χ2v) is 4.37. The molecule has 1 aromatic carbocycles. The largest absolute Gasteiger partial charge is 0.464 e. The minimum absolute atomic E-state index is 0.128. The summed E-state index contributed by atoms with van der Waals surface area (Å²) in [5.74, 6) is -1.07. The molecule has 1 atom stereocenters. The van der Waals surface area contributed by atoms with E-state index in [1.807, 2.05) is 18.2 Å². The molecule has 0 saturated carbocycles. The summed E-state index contributed by atoms with van der Waals surface area (Å²) in [6, 6.07) is 9.03. The van der Waals surface area contributed by atoms with E-state index in [1.165, 1.54) is 6.92 Å². The molecule has 5 heteroatoms. The zero-order valence-electron chi connectivity index (χ0n) is 12.7. The van der Waals surface area contributed by atoms with Gasteiger partial charge in [-0.2, -0.15) is 0 Å². The van der Waals surface area contributed by atoms with Crippen LogP contribution in [0, 0.1) is 0 Å². The third kappa shape index (κ3) is 5.93. The third-order valence-corrected chi connectivity index (χ3v) is 2.71. The predicted molar refractivity (Wildman–Crippen MR) is 82.8 cm³/mol. The molecule has 1 rings (SSSR count). The lowest BCUT2D eigenvalue weighted by atomic mass is 10.00. The van der Waals surface area contributed by atoms with E-state index in [0.29, 0.717) is 11.1 Å². The first-order valence-corrected chi connectivity index (χ1v) is 6.96. The van der Waals surface area contributed by atoms with E-state index < -0.39 is 12.1 Å². The number of rotatable bonds is 7. The third-order valence-electron chi connectivity index (χ3n) is 2.71. The molecule has 1 aromatic rings. The summed E-state index contributed by atoms with van der Waals surface area (Å²) >= 11 is 0. The maximum absolute atomic E-state index is 11.7. The lowest BCUT2D eigenvalue weighted by molar-refractivity contribution is -0.149. The van der Waals surface area contributed by atoms with Gasteiger partial charge in [0.25, 0.3) is 0 Å². The van der Waals surface area contributed by atoms with E-state index in [9.17, 15) is 14.7 Å². The van der Waals surface area contributed by atoms with Crippen molar-refractivity contribution in [3.8, 4) is 0 Å². The highest BCUT2D eigenvalue weighted by atomic mass is 16.5. The number of hydrogen-bond acceptors (Lipinski definition) is 5. The molecule has 0 aliphatic carbocycles. The number of aliphatic hydroxyl groups excluding tert-OH is 1. The number of carbonyl (C=O) groups excluding carboxylic acids is 2. The van der Waals surface area contributed by atoms with Crippen molar-refractivity contribution in [1.29, 1.82) is 0 Å². The summed E-state index contributed by atoms with van der Waals surface area (Å²) < 4.78 is 9.61. The Bertz CT molecular complexity index is 545. The molecule has 118 valence electrons. The maximum Gasteiger partial charge on any atom is 0.339 e. The average molecular weight is 304 g/mol. The van der Waals surface area contributed by atoms with Gasteiger partial charge in [0.2, 0.25) is 0 Å². The van der Waals surface area contributed by atoms with Crippen LogP contribution in [0.15, 0.2) is 48.6 Å². The number of esters is 2. The van der Waals surface area contributed by atoms with Gasteiger partial charge in [0.15, 0.2) is 6.10 Å². The van der Waals surface area contributed by atoms with Crippen LogP contribution in [0.25, 0.3) is 5.57 Å². The quantitative estimate of drug-likeness (QED) is 0.617. The van der Waals surface area contributed by atoms with Crippen LogP contribution in [0.4, 0.5) is 0 Å². The summed E-state index contributed by atoms with van der Waals surface area (Å²) in [6.07, 6.45) is 3.46. The topological polar surface area (TPSA) is 72.8 Å². The minimum Gasteiger partial charge on any atom is -0.464 e. The number of benzene rings is 1. The molecule has 0 fully saturated rings. The monoisotopic (exact) mass is 304 g/mol. The molecule has 0 aliphatic rings. The van der Waals surface area contributed by atoms with Crippen molar-refractivity contribution < 1.29 is 24.2 Å². The van der Waals surface area contributed by atoms with Crippen LogP contribution in [-0.2, 0) is 19.1 Å². The standard InChI is InChI=1S/C17H20O5/c1-3-21-17(20)16(19)15(14-9-5-4-6-10-14)11-7-8-12-22-13(2)18/h4-11,16,19H,3,12H2,1-2H3/b8-7+,15-11+/t16-/m0/s1. The lowest BCUT2D eigenvalue weighted by Crippen LogP contribution is -2.24. The number of hydrogen-bond donors (Lipinski definition) is 1. The number of allylic oxidation sites excluding steroid dienone is 2. The first kappa shape index (κ1) is 17.7. The van der Waals surface area contributed by atoms with Crippen molar-refractivity contribution in [3.63, 3.8) is 0 Å². The number of carbonyl (C=O) groups is 2. The summed E-state index contributed by atoms with van der Waals surface area (Å²) in [5.41, 5.74) is 1.12. The number of aliphatic hydroxyl groups is 1. The molecule has 0 spiro atoms. The van der Waals surface area contributed by atoms with Crippen molar-refractivity contribution in [2.24, 2.45) is 0 Å². The van der Waals surface area contributed by atoms with Gasteiger partial charge in [-0.15, -0.1) is 0 Å². The summed E-state index contributed by atoms with van der Waals surface area (Å²) in [6.45, 7) is 3.32. The van der Waals surface area contributed by atoms with E-state index in [2.05, 4.69) is 0 Å². The molecule has 0 heterocycles. The fourth-order valence-corrected chi connectivity index (χ4v) is 1.72. The highest BCUT2D eigenvalue weighted by molar-refractivity contribution is 5.91. The smallest absolute Gasteiger partial charge is 0.339 e. The van der Waals surface area contributed by atoms with Gasteiger partial charge in [-0.25, -0.2) is 4.79 Å². The van der Waals surface area contributed by atoms with Crippen LogP contribution in [0.3, 0.4) is 0 Å². The molecule has 5 nitrogen and oxygen atoms in total. The van der Waals surface area contributed by atoms with Gasteiger partial charge in [0.1, 0.15) is 6.61 Å². The summed E-state index contributed by atoms with van der Waals surface area (Å²) in [4.78, 5) is 22.4. The molecule has 1 N–H and O–H groups in total. The van der Waals surface area contributed by atoms with Gasteiger partial charge in [-0.1, -0.05) is 42.5 Å². The first-order chi connectivity index (χ1) is 10.6. The SMILES string of the molecule is CCOC(=O)[C@@H](O)/C(=C/C=C/COC(C)=O)c1ccccc1. The highest BCUT2D eigenvalue weighted by Crippen LogP contribution is 2.19. The molecule has 0 aromatic heterocycles. The van der Waals surface area contributed by atoms with E-state index >= 15 is 0 Å². The van der Waals surface area contributed by atoms with Crippen molar-refractivity contribution in [2.45, 2.75) is 20.0 Å². The Balaban J connectivity index is 2.92. The molecule has 0 unspecified atom stereocenters. The van der Waals surface area contributed by atoms with Crippen LogP contribution in [0.2, 0.25) is 0 Å². The molecule has 0 amide bonds. The Kier molecular flexibility index (Phi) is 7.64. The van der Waals surface area contributed by atoms with E-state index in [4.69, 9.17) is 9.47 Å². The van der Waals surface area contributed by atoms with Crippen LogP contribution < -0.4 is 0 Å². The van der Waals surface area contributed by atoms with Crippen molar-refractivity contribution in [1.82, 2.24) is 0 Å². The fraction of sp³-hybridized carbons (Fsp3) is 0.294. The zero-order valence-corrected chi connectivity index (χ0v) is 12.7. The van der Waals surface area contributed by atoms with E-state index in [1.54, 1.807) is 37.3 Å². The molecule has 0 bridgehead atoms. The summed E-state index contributed by atoms with van der Waals surface area (Å²) in [5, 5.41) is 10.1. The molecular formula is C17H20O5. The molecule has 0 saturated heterocycles. The molecule has 22 heavy (non-hydrogen) atoms. The fourth-order valence-electron chi connectivity index (χ4n) is 1.72. The normalized spacial score (nSPS) is 13.0. The minimum atomic E-state index is -1.37. The van der Waals surface area contributed by atoms with Gasteiger partial charge in [0, 0.05) is 6.92 Å². The van der Waals surface area contributed by atoms with Crippen LogP contribution in [0.1, 0.15) is 19.4 Å². The summed E-state index contributed by atoms with van der Waals surface area (Å²) in [7, 11) is 0. The molecule has 0 radical (unpaired) electrons. The second-order valence-electron chi connectivity index (χ2n) is 4.37. The first-order valence-electron chi connectivity index (χ1n) is 6.96. The van der Waals surface area contributed by atoms with Gasteiger partial charge < -0.3 is 14.6 Å². The van der Waals surface area contributed by atoms with E-state index in [-0.39, 0.29) is 19.2 Å². The van der Waals surface area contributed by atoms with Crippen molar-refractivity contribution in [2.75, 3.05) is 13.2 Å². The Morgan fingerprint density at radius 3 is 2.50 bits per heavy atom. The van der Waals surface area contributed by atoms with Gasteiger partial charge >= 0.3 is 11.9 Å². The highest BCUT2D eigenvalue weighted by Gasteiger charge is 2.21. The Morgan fingerprint density at radius 2 is 1.91 bits per heavy atom. The Hall–Kier alpha value is -2.40. The number of ether oxygens (including phenoxy) is 2. The Morgan fingerprint density at radius 1 is 1.23 bits per heavy atom. The van der Waals surface area contributed by atoms with Crippen LogP contribution >= 0.6 is 0 Å². The zero-order chi connectivity index (χ0) is 16.4. The van der Waals surface area contributed by atoms with Crippen LogP contribution in [0.5, 0.6) is 0 Å². The predicted octanol–water partition coefficient (Wildman–Crippen LogP) is 2.11. The van der Waals surface area contributed by atoms with Gasteiger partial charge in [-0.3, -0.25) is 4.79 Å². The molecule has 0 aliphatic heterocycles.